The van der Waals surface area contributed by atoms with Crippen LogP contribution in [-0.4, -0.2) is 11.5 Å². The summed E-state index contributed by atoms with van der Waals surface area (Å²) >= 11 is 6.90. The summed E-state index contributed by atoms with van der Waals surface area (Å²) in [6, 6.07) is 6.35. The van der Waals surface area contributed by atoms with Crippen LogP contribution in [-0.2, 0) is 6.42 Å². The van der Waals surface area contributed by atoms with Crippen LogP contribution in [0.25, 0.3) is 0 Å². The summed E-state index contributed by atoms with van der Waals surface area (Å²) in [6.45, 7) is 0.678. The average Bonchev–Trinajstić information content (AvgIpc) is 2.75. The van der Waals surface area contributed by atoms with E-state index in [0.717, 1.165) is 15.2 Å². The number of thiazole rings is 1. The molecule has 2 nitrogen and oxygen atoms in total. The van der Waals surface area contributed by atoms with Crippen molar-refractivity contribution in [2.45, 2.75) is 15.7 Å². The van der Waals surface area contributed by atoms with E-state index in [-0.39, 0.29) is 0 Å². The number of benzene rings is 1. The van der Waals surface area contributed by atoms with Crippen LogP contribution < -0.4 is 5.73 Å². The molecule has 1 aromatic heterocycles. The maximum Gasteiger partial charge on any atom is 0.154 e. The zero-order chi connectivity index (χ0) is 11.4. The Morgan fingerprint density at radius 3 is 2.94 bits per heavy atom. The highest BCUT2D eigenvalue weighted by atomic mass is 79.9. The van der Waals surface area contributed by atoms with Gasteiger partial charge in [-0.3, -0.25) is 0 Å². The van der Waals surface area contributed by atoms with Gasteiger partial charge in [-0.25, -0.2) is 4.98 Å². The molecule has 0 aliphatic carbocycles. The molecule has 0 amide bonds. The van der Waals surface area contributed by atoms with Crippen molar-refractivity contribution in [1.82, 2.24) is 4.98 Å². The largest absolute Gasteiger partial charge is 0.330 e. The lowest BCUT2D eigenvalue weighted by Gasteiger charge is -2.04. The monoisotopic (exact) mass is 314 g/mol. The van der Waals surface area contributed by atoms with Gasteiger partial charge in [0, 0.05) is 20.9 Å². The van der Waals surface area contributed by atoms with Crippen LogP contribution >= 0.6 is 39.0 Å². The topological polar surface area (TPSA) is 38.9 Å². The Labute approximate surface area is 111 Å². The third-order valence-corrected chi connectivity index (χ3v) is 4.66. The Kier molecular flexibility index (Phi) is 4.40. The maximum absolute atomic E-state index is 5.54. The van der Waals surface area contributed by atoms with E-state index < -0.39 is 0 Å². The van der Waals surface area contributed by atoms with E-state index in [9.17, 15) is 0 Å². The lowest BCUT2D eigenvalue weighted by molar-refractivity contribution is 0.960. The van der Waals surface area contributed by atoms with Crippen molar-refractivity contribution in [2.24, 2.45) is 5.73 Å². The fourth-order valence-corrected chi connectivity index (χ4v) is 3.68. The number of aromatic nitrogens is 1. The third-order valence-electron chi connectivity index (χ3n) is 2.05. The minimum absolute atomic E-state index is 0.678. The Morgan fingerprint density at radius 1 is 1.44 bits per heavy atom. The van der Waals surface area contributed by atoms with E-state index in [4.69, 9.17) is 5.73 Å². The van der Waals surface area contributed by atoms with Crippen LogP contribution in [0.2, 0.25) is 0 Å². The predicted molar refractivity (Wildman–Crippen MR) is 73.1 cm³/mol. The molecule has 2 N–H and O–H groups in total. The second-order valence-corrected chi connectivity index (χ2v) is 6.26. The van der Waals surface area contributed by atoms with Crippen LogP contribution in [0.5, 0.6) is 0 Å². The van der Waals surface area contributed by atoms with Gasteiger partial charge in [-0.1, -0.05) is 33.8 Å². The van der Waals surface area contributed by atoms with Gasteiger partial charge >= 0.3 is 0 Å². The first kappa shape index (κ1) is 12.1. The van der Waals surface area contributed by atoms with E-state index in [1.165, 1.54) is 10.5 Å². The number of hydrogen-bond donors (Lipinski definition) is 1. The zero-order valence-corrected chi connectivity index (χ0v) is 11.7. The Balaban J connectivity index is 2.15. The minimum Gasteiger partial charge on any atom is -0.330 e. The molecular weight excluding hydrogens is 304 g/mol. The van der Waals surface area contributed by atoms with E-state index in [2.05, 4.69) is 39.1 Å². The molecule has 1 heterocycles. The molecule has 0 bridgehead atoms. The smallest absolute Gasteiger partial charge is 0.154 e. The van der Waals surface area contributed by atoms with Crippen LogP contribution in [0.4, 0.5) is 0 Å². The van der Waals surface area contributed by atoms with Gasteiger partial charge in [0.05, 0.1) is 0 Å². The van der Waals surface area contributed by atoms with Crippen molar-refractivity contribution in [3.05, 3.63) is 39.8 Å². The standard InChI is InChI=1S/C11H11BrN2S2/c12-10-7-9(2-1-8(10)3-4-13)16-11-14-5-6-15-11/h1-2,5-7H,3-4,13H2. The van der Waals surface area contributed by atoms with Gasteiger partial charge in [-0.05, 0) is 30.7 Å². The van der Waals surface area contributed by atoms with Gasteiger partial charge in [0.2, 0.25) is 0 Å². The maximum atomic E-state index is 5.54. The van der Waals surface area contributed by atoms with Crippen molar-refractivity contribution in [2.75, 3.05) is 6.54 Å². The normalized spacial score (nSPS) is 10.6. The molecule has 0 aliphatic rings. The Morgan fingerprint density at radius 2 is 2.31 bits per heavy atom. The molecule has 2 rings (SSSR count). The molecule has 2 aromatic rings. The molecule has 0 unspecified atom stereocenters. The van der Waals surface area contributed by atoms with Gasteiger partial charge in [-0.15, -0.1) is 11.3 Å². The van der Waals surface area contributed by atoms with Gasteiger partial charge < -0.3 is 5.73 Å². The molecule has 0 radical (unpaired) electrons. The first-order chi connectivity index (χ1) is 7.79. The average molecular weight is 315 g/mol. The number of halogens is 1. The highest BCUT2D eigenvalue weighted by Crippen LogP contribution is 2.32. The van der Waals surface area contributed by atoms with Crippen molar-refractivity contribution in [1.29, 1.82) is 0 Å². The minimum atomic E-state index is 0.678. The van der Waals surface area contributed by atoms with Crippen LogP contribution in [0.1, 0.15) is 5.56 Å². The van der Waals surface area contributed by atoms with Crippen molar-refractivity contribution in [3.63, 3.8) is 0 Å². The lowest BCUT2D eigenvalue weighted by atomic mass is 10.1. The van der Waals surface area contributed by atoms with Gasteiger partial charge in [0.15, 0.2) is 4.34 Å². The molecular formula is C11H11BrN2S2. The summed E-state index contributed by atoms with van der Waals surface area (Å²) in [6.07, 6.45) is 2.73. The summed E-state index contributed by atoms with van der Waals surface area (Å²) in [4.78, 5) is 5.44. The molecule has 0 atom stereocenters. The molecule has 0 saturated carbocycles. The molecule has 16 heavy (non-hydrogen) atoms. The zero-order valence-electron chi connectivity index (χ0n) is 8.52. The number of hydrogen-bond acceptors (Lipinski definition) is 4. The van der Waals surface area contributed by atoms with Gasteiger partial charge in [-0.2, -0.15) is 0 Å². The van der Waals surface area contributed by atoms with Crippen molar-refractivity contribution >= 4 is 39.0 Å². The molecule has 0 spiro atoms. The quantitative estimate of drug-likeness (QED) is 0.937. The van der Waals surface area contributed by atoms with E-state index in [0.29, 0.717) is 6.54 Å². The van der Waals surface area contributed by atoms with Crippen LogP contribution in [0, 0.1) is 0 Å². The number of rotatable bonds is 4. The molecule has 5 heteroatoms. The molecule has 0 fully saturated rings. The summed E-state index contributed by atoms with van der Waals surface area (Å²) < 4.78 is 2.19. The van der Waals surface area contributed by atoms with Crippen LogP contribution in [0.15, 0.2) is 43.5 Å². The second-order valence-electron chi connectivity index (χ2n) is 3.19. The van der Waals surface area contributed by atoms with E-state index >= 15 is 0 Å². The predicted octanol–water partition coefficient (Wildman–Crippen LogP) is 3.56. The number of nitrogens with two attached hydrogens (primary N) is 1. The first-order valence-electron chi connectivity index (χ1n) is 4.85. The van der Waals surface area contributed by atoms with Gasteiger partial charge in [0.1, 0.15) is 0 Å². The fourth-order valence-electron chi connectivity index (χ4n) is 1.31. The molecule has 0 saturated heterocycles. The Bertz CT molecular complexity index is 457. The van der Waals surface area contributed by atoms with E-state index in [1.54, 1.807) is 23.1 Å². The first-order valence-corrected chi connectivity index (χ1v) is 7.34. The fraction of sp³-hybridized carbons (Fsp3) is 0.182. The second kappa shape index (κ2) is 5.82. The molecule has 1 aromatic carbocycles. The lowest BCUT2D eigenvalue weighted by Crippen LogP contribution is -2.03. The highest BCUT2D eigenvalue weighted by molar-refractivity contribution is 9.10. The van der Waals surface area contributed by atoms with Gasteiger partial charge in [0.25, 0.3) is 0 Å². The summed E-state index contributed by atoms with van der Waals surface area (Å²) in [7, 11) is 0. The third kappa shape index (κ3) is 3.07. The molecule has 84 valence electrons. The SMILES string of the molecule is NCCc1ccc(Sc2nccs2)cc1Br. The van der Waals surface area contributed by atoms with Crippen molar-refractivity contribution in [3.8, 4) is 0 Å². The number of nitrogens with zero attached hydrogens (tertiary/aromatic N) is 1. The summed E-state index contributed by atoms with van der Waals surface area (Å²) in [5.41, 5.74) is 6.80. The Hall–Kier alpha value is -0.360. The summed E-state index contributed by atoms with van der Waals surface area (Å²) in [5.74, 6) is 0. The van der Waals surface area contributed by atoms with Crippen molar-refractivity contribution < 1.29 is 0 Å². The van der Waals surface area contributed by atoms with Crippen LogP contribution in [0.3, 0.4) is 0 Å². The van der Waals surface area contributed by atoms with E-state index in [1.807, 2.05) is 11.6 Å². The molecule has 0 aliphatic heterocycles. The highest BCUT2D eigenvalue weighted by Gasteiger charge is 2.03. The summed E-state index contributed by atoms with van der Waals surface area (Å²) in [5, 5.41) is 1.99.